The lowest BCUT2D eigenvalue weighted by Crippen LogP contribution is -2.41. The second kappa shape index (κ2) is 4.73. The molecule has 0 aromatic heterocycles. The fraction of sp³-hybridized carbons (Fsp3) is 0.500. The van der Waals surface area contributed by atoms with E-state index in [1.807, 2.05) is 29.2 Å². The maximum Gasteiger partial charge on any atom is 0.253 e. The molecule has 2 nitrogen and oxygen atoms in total. The molecule has 1 aliphatic heterocycles. The summed E-state index contributed by atoms with van der Waals surface area (Å²) in [6, 6.07) is 7.47. The molecule has 1 heterocycles. The van der Waals surface area contributed by atoms with Crippen molar-refractivity contribution in [3.63, 3.8) is 0 Å². The summed E-state index contributed by atoms with van der Waals surface area (Å²) in [4.78, 5) is 15.0. The highest BCUT2D eigenvalue weighted by molar-refractivity contribution is 7.80. The molecule has 3 heteroatoms. The van der Waals surface area contributed by atoms with Gasteiger partial charge in [-0.25, -0.2) is 0 Å². The zero-order valence-electron chi connectivity index (χ0n) is 10.4. The molecule has 0 bridgehead atoms. The van der Waals surface area contributed by atoms with Gasteiger partial charge in [-0.15, -0.1) is 12.6 Å². The molecule has 1 aliphatic rings. The number of hydrogen-bond donors (Lipinski definition) is 1. The molecule has 1 aromatic rings. The number of carbonyl (C=O) groups excluding carboxylic acids is 1. The van der Waals surface area contributed by atoms with Gasteiger partial charge in [-0.2, -0.15) is 0 Å². The standard InChI is InChI=1S/C14H19NOS/c1-14(2)6-8-15(9-7-14)13(16)11-4-3-5-12(17)10-11/h3-5,10,17H,6-9H2,1-2H3. The lowest BCUT2D eigenvalue weighted by molar-refractivity contribution is 0.0630. The van der Waals surface area contributed by atoms with Gasteiger partial charge in [0.15, 0.2) is 0 Å². The quantitative estimate of drug-likeness (QED) is 0.758. The monoisotopic (exact) mass is 249 g/mol. The summed E-state index contributed by atoms with van der Waals surface area (Å²) in [6.45, 7) is 6.26. The van der Waals surface area contributed by atoms with E-state index in [2.05, 4.69) is 26.5 Å². The van der Waals surface area contributed by atoms with E-state index in [-0.39, 0.29) is 5.91 Å². The average molecular weight is 249 g/mol. The van der Waals surface area contributed by atoms with Gasteiger partial charge in [-0.3, -0.25) is 4.79 Å². The third-order valence-electron chi connectivity index (χ3n) is 3.50. The summed E-state index contributed by atoms with van der Waals surface area (Å²) in [5.41, 5.74) is 1.12. The first kappa shape index (κ1) is 12.5. The first-order valence-electron chi connectivity index (χ1n) is 6.06. The second-order valence-electron chi connectivity index (χ2n) is 5.51. The molecule has 1 aromatic carbocycles. The van der Waals surface area contributed by atoms with Crippen LogP contribution in [-0.4, -0.2) is 23.9 Å². The molecule has 0 spiro atoms. The van der Waals surface area contributed by atoms with Gasteiger partial charge >= 0.3 is 0 Å². The molecule has 0 unspecified atom stereocenters. The number of piperidine rings is 1. The summed E-state index contributed by atoms with van der Waals surface area (Å²) < 4.78 is 0. The van der Waals surface area contributed by atoms with Crippen molar-refractivity contribution in [2.45, 2.75) is 31.6 Å². The highest BCUT2D eigenvalue weighted by atomic mass is 32.1. The van der Waals surface area contributed by atoms with Crippen molar-refractivity contribution in [1.82, 2.24) is 4.90 Å². The minimum absolute atomic E-state index is 0.136. The van der Waals surface area contributed by atoms with Crippen molar-refractivity contribution >= 4 is 18.5 Å². The number of thiol groups is 1. The molecule has 0 saturated carbocycles. The Bertz CT molecular complexity index is 418. The van der Waals surface area contributed by atoms with Crippen molar-refractivity contribution in [2.75, 3.05) is 13.1 Å². The van der Waals surface area contributed by atoms with Crippen LogP contribution in [0.3, 0.4) is 0 Å². The predicted octanol–water partition coefficient (Wildman–Crippen LogP) is 3.24. The van der Waals surface area contributed by atoms with Crippen LogP contribution in [0.2, 0.25) is 0 Å². The van der Waals surface area contributed by atoms with E-state index >= 15 is 0 Å². The zero-order valence-corrected chi connectivity index (χ0v) is 11.3. The molecular formula is C14H19NOS. The molecule has 1 fully saturated rings. The van der Waals surface area contributed by atoms with Crippen LogP contribution in [0.4, 0.5) is 0 Å². The van der Waals surface area contributed by atoms with Crippen molar-refractivity contribution in [2.24, 2.45) is 5.41 Å². The number of carbonyl (C=O) groups is 1. The van der Waals surface area contributed by atoms with Crippen molar-refractivity contribution in [3.8, 4) is 0 Å². The summed E-state index contributed by atoms with van der Waals surface area (Å²) in [5, 5.41) is 0. The Morgan fingerprint density at radius 3 is 2.53 bits per heavy atom. The fourth-order valence-corrected chi connectivity index (χ4v) is 2.36. The van der Waals surface area contributed by atoms with Crippen LogP contribution < -0.4 is 0 Å². The van der Waals surface area contributed by atoms with Crippen LogP contribution in [0.15, 0.2) is 29.2 Å². The van der Waals surface area contributed by atoms with Gasteiger partial charge in [-0.05, 0) is 36.5 Å². The lowest BCUT2D eigenvalue weighted by atomic mass is 9.82. The molecule has 0 aliphatic carbocycles. The Labute approximate surface area is 108 Å². The zero-order chi connectivity index (χ0) is 12.5. The minimum atomic E-state index is 0.136. The van der Waals surface area contributed by atoms with Crippen LogP contribution in [0.25, 0.3) is 0 Å². The van der Waals surface area contributed by atoms with Crippen LogP contribution in [0, 0.1) is 5.41 Å². The van der Waals surface area contributed by atoms with Crippen LogP contribution in [0.5, 0.6) is 0 Å². The normalized spacial score (nSPS) is 19.1. The molecule has 0 atom stereocenters. The Hall–Kier alpha value is -0.960. The molecule has 17 heavy (non-hydrogen) atoms. The minimum Gasteiger partial charge on any atom is -0.339 e. The third-order valence-corrected chi connectivity index (χ3v) is 3.78. The molecule has 1 amide bonds. The van der Waals surface area contributed by atoms with Crippen LogP contribution >= 0.6 is 12.6 Å². The molecule has 0 radical (unpaired) electrons. The predicted molar refractivity (Wildman–Crippen MR) is 72.6 cm³/mol. The molecule has 92 valence electrons. The summed E-state index contributed by atoms with van der Waals surface area (Å²) in [7, 11) is 0. The highest BCUT2D eigenvalue weighted by Crippen LogP contribution is 2.30. The van der Waals surface area contributed by atoms with Crippen LogP contribution in [0.1, 0.15) is 37.0 Å². The number of benzene rings is 1. The highest BCUT2D eigenvalue weighted by Gasteiger charge is 2.28. The van der Waals surface area contributed by atoms with E-state index in [0.717, 1.165) is 36.4 Å². The van der Waals surface area contributed by atoms with E-state index < -0.39 is 0 Å². The van der Waals surface area contributed by atoms with E-state index in [4.69, 9.17) is 0 Å². The van der Waals surface area contributed by atoms with Crippen molar-refractivity contribution < 1.29 is 4.79 Å². The lowest BCUT2D eigenvalue weighted by Gasteiger charge is -2.37. The van der Waals surface area contributed by atoms with Gasteiger partial charge in [0.2, 0.25) is 0 Å². The SMILES string of the molecule is CC1(C)CCN(C(=O)c2cccc(S)c2)CC1. The molecule has 2 rings (SSSR count). The van der Waals surface area contributed by atoms with Gasteiger partial charge in [0.1, 0.15) is 0 Å². The van der Waals surface area contributed by atoms with E-state index in [1.165, 1.54) is 0 Å². The molecular weight excluding hydrogens is 230 g/mol. The number of rotatable bonds is 1. The smallest absolute Gasteiger partial charge is 0.253 e. The van der Waals surface area contributed by atoms with E-state index in [9.17, 15) is 4.79 Å². The number of nitrogens with zero attached hydrogens (tertiary/aromatic N) is 1. The van der Waals surface area contributed by atoms with Crippen molar-refractivity contribution in [1.29, 1.82) is 0 Å². The van der Waals surface area contributed by atoms with Gasteiger partial charge in [-0.1, -0.05) is 19.9 Å². The summed E-state index contributed by atoms with van der Waals surface area (Å²) in [5.74, 6) is 0.136. The molecule has 1 saturated heterocycles. The summed E-state index contributed by atoms with van der Waals surface area (Å²) in [6.07, 6.45) is 2.17. The Morgan fingerprint density at radius 1 is 1.29 bits per heavy atom. The van der Waals surface area contributed by atoms with Gasteiger partial charge in [0.05, 0.1) is 0 Å². The maximum absolute atomic E-state index is 12.3. The van der Waals surface area contributed by atoms with Crippen LogP contribution in [-0.2, 0) is 0 Å². The van der Waals surface area contributed by atoms with E-state index in [1.54, 1.807) is 0 Å². The Kier molecular flexibility index (Phi) is 3.48. The topological polar surface area (TPSA) is 20.3 Å². The van der Waals surface area contributed by atoms with E-state index in [0.29, 0.717) is 5.41 Å². The molecule has 0 N–H and O–H groups in total. The first-order chi connectivity index (χ1) is 7.98. The van der Waals surface area contributed by atoms with Gasteiger partial charge in [0.25, 0.3) is 5.91 Å². The summed E-state index contributed by atoms with van der Waals surface area (Å²) >= 11 is 4.27. The average Bonchev–Trinajstić information content (AvgIpc) is 2.28. The second-order valence-corrected chi connectivity index (χ2v) is 6.02. The fourth-order valence-electron chi connectivity index (χ4n) is 2.14. The van der Waals surface area contributed by atoms with Crippen molar-refractivity contribution in [3.05, 3.63) is 29.8 Å². The first-order valence-corrected chi connectivity index (χ1v) is 6.51. The third kappa shape index (κ3) is 3.03. The van der Waals surface area contributed by atoms with Gasteiger partial charge < -0.3 is 4.90 Å². The maximum atomic E-state index is 12.3. The largest absolute Gasteiger partial charge is 0.339 e. The number of hydrogen-bond acceptors (Lipinski definition) is 2. The Balaban J connectivity index is 2.07. The number of likely N-dealkylation sites (tertiary alicyclic amines) is 1. The van der Waals surface area contributed by atoms with Gasteiger partial charge in [0, 0.05) is 23.5 Å². The Morgan fingerprint density at radius 2 is 1.94 bits per heavy atom. The number of amides is 1.